The van der Waals surface area contributed by atoms with Crippen LogP contribution in [-0.2, 0) is 37.9 Å². The molecule has 0 saturated heterocycles. The van der Waals surface area contributed by atoms with E-state index in [0.29, 0.717) is 32.7 Å². The number of hydrogen-bond acceptors (Lipinski definition) is 5. The average molecular weight is 452 g/mol. The Labute approximate surface area is 185 Å². The normalized spacial score (nSPS) is 11.8. The molecule has 9 heteroatoms. The largest absolute Gasteiger partial charge is 0.385 e. The van der Waals surface area contributed by atoms with E-state index in [4.69, 9.17) is 9.47 Å². The topological polar surface area (TPSA) is 81.1 Å². The van der Waals surface area contributed by atoms with Crippen LogP contribution in [0, 0.1) is 6.92 Å². The Morgan fingerprint density at radius 1 is 1.03 bits per heavy atom. The lowest BCUT2D eigenvalue weighted by molar-refractivity contribution is -0.132. The zero-order valence-corrected chi connectivity index (χ0v) is 19.6. The summed E-state index contributed by atoms with van der Waals surface area (Å²) in [6.45, 7) is 3.37. The number of carbonyl (C=O) groups excluding carboxylic acids is 1. The van der Waals surface area contributed by atoms with Crippen molar-refractivity contribution in [2.45, 2.75) is 24.8 Å². The summed E-state index contributed by atoms with van der Waals surface area (Å²) >= 11 is 0. The van der Waals surface area contributed by atoms with Crippen molar-refractivity contribution in [2.24, 2.45) is 7.05 Å². The number of methoxy groups -OCH3 is 2. The van der Waals surface area contributed by atoms with Gasteiger partial charge in [-0.15, -0.1) is 0 Å². The van der Waals surface area contributed by atoms with E-state index in [2.05, 4.69) is 0 Å². The zero-order valence-electron chi connectivity index (χ0n) is 18.8. The number of rotatable bonds is 13. The van der Waals surface area contributed by atoms with Crippen LogP contribution >= 0.6 is 0 Å². The first kappa shape index (κ1) is 25.1. The van der Waals surface area contributed by atoms with Crippen LogP contribution in [0.5, 0.6) is 0 Å². The molecule has 0 spiro atoms. The maximum atomic E-state index is 13.3. The Balaban J connectivity index is 2.24. The minimum atomic E-state index is -3.82. The van der Waals surface area contributed by atoms with Crippen LogP contribution in [0.15, 0.2) is 47.5 Å². The van der Waals surface area contributed by atoms with E-state index < -0.39 is 10.0 Å². The summed E-state index contributed by atoms with van der Waals surface area (Å²) < 4.78 is 39.9. The van der Waals surface area contributed by atoms with Gasteiger partial charge in [-0.2, -0.15) is 4.31 Å². The number of carbonyl (C=O) groups is 1. The second-order valence-electron chi connectivity index (χ2n) is 7.42. The Morgan fingerprint density at radius 2 is 1.71 bits per heavy atom. The molecular formula is C22H33N3O5S. The van der Waals surface area contributed by atoms with E-state index in [-0.39, 0.29) is 23.9 Å². The smallest absolute Gasteiger partial charge is 0.243 e. The predicted molar refractivity (Wildman–Crippen MR) is 119 cm³/mol. The Hall–Kier alpha value is -2.20. The van der Waals surface area contributed by atoms with Gasteiger partial charge in [0.25, 0.3) is 0 Å². The van der Waals surface area contributed by atoms with E-state index in [1.807, 2.05) is 36.9 Å². The van der Waals surface area contributed by atoms with Gasteiger partial charge < -0.3 is 18.9 Å². The van der Waals surface area contributed by atoms with Gasteiger partial charge in [-0.05, 0) is 37.6 Å². The molecule has 0 aliphatic rings. The minimum absolute atomic E-state index is 0.175. The van der Waals surface area contributed by atoms with Gasteiger partial charge in [-0.3, -0.25) is 4.79 Å². The van der Waals surface area contributed by atoms with E-state index in [9.17, 15) is 13.2 Å². The standard InChI is InChI=1S/C22H33N3O5S/c1-19-8-10-21(11-9-19)31(27,28)25(13-6-15-29-3)18-22(26)24(14-16-30-4)17-20-7-5-12-23(20)2/h5,7-12H,6,13-18H2,1-4H3. The molecule has 0 fully saturated rings. The molecule has 2 rings (SSSR count). The van der Waals surface area contributed by atoms with Crippen molar-refractivity contribution in [1.29, 1.82) is 0 Å². The first-order valence-electron chi connectivity index (χ1n) is 10.2. The fourth-order valence-corrected chi connectivity index (χ4v) is 4.56. The number of amides is 1. The molecule has 31 heavy (non-hydrogen) atoms. The SMILES string of the molecule is COCCCN(CC(=O)N(CCOC)Cc1cccn1C)S(=O)(=O)c1ccc(C)cc1. The van der Waals surface area contributed by atoms with Crippen LogP contribution in [-0.4, -0.2) is 75.2 Å². The quantitative estimate of drug-likeness (QED) is 0.436. The van der Waals surface area contributed by atoms with Crippen LogP contribution < -0.4 is 0 Å². The lowest BCUT2D eigenvalue weighted by Crippen LogP contribution is -2.44. The Bertz CT molecular complexity index is 925. The second-order valence-corrected chi connectivity index (χ2v) is 9.35. The maximum Gasteiger partial charge on any atom is 0.243 e. The lowest BCUT2D eigenvalue weighted by Gasteiger charge is -2.27. The van der Waals surface area contributed by atoms with Crippen molar-refractivity contribution in [2.75, 3.05) is 47.1 Å². The molecule has 0 aliphatic heterocycles. The van der Waals surface area contributed by atoms with Crippen LogP contribution in [0.25, 0.3) is 0 Å². The molecule has 1 aromatic heterocycles. The van der Waals surface area contributed by atoms with Gasteiger partial charge in [0.15, 0.2) is 0 Å². The van der Waals surface area contributed by atoms with E-state index in [1.165, 1.54) is 4.31 Å². The molecule has 0 aliphatic carbocycles. The highest BCUT2D eigenvalue weighted by atomic mass is 32.2. The fraction of sp³-hybridized carbons (Fsp3) is 0.500. The molecule has 1 aromatic carbocycles. The molecule has 1 heterocycles. The monoisotopic (exact) mass is 451 g/mol. The van der Waals surface area contributed by atoms with E-state index >= 15 is 0 Å². The first-order chi connectivity index (χ1) is 14.8. The van der Waals surface area contributed by atoms with Gasteiger partial charge in [0.1, 0.15) is 0 Å². The number of benzene rings is 1. The molecule has 2 aromatic rings. The van der Waals surface area contributed by atoms with Crippen LogP contribution in [0.1, 0.15) is 17.7 Å². The highest BCUT2D eigenvalue weighted by molar-refractivity contribution is 7.89. The van der Waals surface area contributed by atoms with E-state index in [0.717, 1.165) is 11.3 Å². The summed E-state index contributed by atoms with van der Waals surface area (Å²) in [5.41, 5.74) is 1.92. The van der Waals surface area contributed by atoms with Gasteiger partial charge in [0, 0.05) is 52.9 Å². The summed E-state index contributed by atoms with van der Waals surface area (Å²) in [5.74, 6) is -0.272. The molecule has 0 N–H and O–H groups in total. The Kier molecular flexibility index (Phi) is 9.70. The molecule has 0 atom stereocenters. The molecular weight excluding hydrogens is 418 g/mol. The summed E-state index contributed by atoms with van der Waals surface area (Å²) in [6.07, 6.45) is 2.40. The molecule has 0 bridgehead atoms. The number of nitrogens with zero attached hydrogens (tertiary/aromatic N) is 3. The third kappa shape index (κ3) is 7.17. The number of aromatic nitrogens is 1. The van der Waals surface area contributed by atoms with Crippen molar-refractivity contribution in [3.8, 4) is 0 Å². The third-order valence-corrected chi connectivity index (χ3v) is 6.91. The lowest BCUT2D eigenvalue weighted by atomic mass is 10.2. The van der Waals surface area contributed by atoms with Crippen molar-refractivity contribution >= 4 is 15.9 Å². The highest BCUT2D eigenvalue weighted by Crippen LogP contribution is 2.18. The van der Waals surface area contributed by atoms with Crippen molar-refractivity contribution in [3.05, 3.63) is 53.9 Å². The molecule has 8 nitrogen and oxygen atoms in total. The van der Waals surface area contributed by atoms with Crippen molar-refractivity contribution < 1.29 is 22.7 Å². The zero-order chi connectivity index (χ0) is 22.9. The van der Waals surface area contributed by atoms with Gasteiger partial charge in [-0.1, -0.05) is 17.7 Å². The number of sulfonamides is 1. The van der Waals surface area contributed by atoms with Crippen molar-refractivity contribution in [3.63, 3.8) is 0 Å². The highest BCUT2D eigenvalue weighted by Gasteiger charge is 2.28. The van der Waals surface area contributed by atoms with Gasteiger partial charge in [-0.25, -0.2) is 8.42 Å². The molecule has 0 saturated carbocycles. The summed E-state index contributed by atoms with van der Waals surface area (Å²) in [5, 5.41) is 0. The second kappa shape index (κ2) is 12.0. The third-order valence-electron chi connectivity index (χ3n) is 5.05. The molecule has 172 valence electrons. The molecule has 1 amide bonds. The number of ether oxygens (including phenoxy) is 2. The average Bonchev–Trinajstić information content (AvgIpc) is 3.15. The van der Waals surface area contributed by atoms with Gasteiger partial charge in [0.05, 0.1) is 24.6 Å². The van der Waals surface area contributed by atoms with Crippen LogP contribution in [0.2, 0.25) is 0 Å². The van der Waals surface area contributed by atoms with E-state index in [1.54, 1.807) is 43.4 Å². The van der Waals surface area contributed by atoms with Gasteiger partial charge in [0.2, 0.25) is 15.9 Å². The fourth-order valence-electron chi connectivity index (χ4n) is 3.13. The number of aryl methyl sites for hydroxylation is 2. The summed E-state index contributed by atoms with van der Waals surface area (Å²) in [7, 11) is 1.23. The molecule has 0 radical (unpaired) electrons. The summed E-state index contributed by atoms with van der Waals surface area (Å²) in [4.78, 5) is 15.0. The summed E-state index contributed by atoms with van der Waals surface area (Å²) in [6, 6.07) is 10.5. The molecule has 0 unspecified atom stereocenters. The minimum Gasteiger partial charge on any atom is -0.385 e. The predicted octanol–water partition coefficient (Wildman–Crippen LogP) is 2.04. The van der Waals surface area contributed by atoms with Crippen molar-refractivity contribution in [1.82, 2.24) is 13.8 Å². The number of hydrogen-bond donors (Lipinski definition) is 0. The van der Waals surface area contributed by atoms with Crippen LogP contribution in [0.3, 0.4) is 0 Å². The first-order valence-corrected chi connectivity index (χ1v) is 11.7. The maximum absolute atomic E-state index is 13.3. The Morgan fingerprint density at radius 3 is 2.29 bits per heavy atom. The van der Waals surface area contributed by atoms with Crippen LogP contribution in [0.4, 0.5) is 0 Å². The van der Waals surface area contributed by atoms with Gasteiger partial charge >= 0.3 is 0 Å².